The predicted octanol–water partition coefficient (Wildman–Crippen LogP) is 3.59. The first-order valence-corrected chi connectivity index (χ1v) is 7.32. The van der Waals surface area contributed by atoms with E-state index in [4.69, 9.17) is 12.2 Å². The average molecular weight is 347 g/mol. The number of hydrogen-bond acceptors (Lipinski definition) is 2. The molecular weight excluding hydrogens is 336 g/mol. The molecule has 0 aromatic heterocycles. The van der Waals surface area contributed by atoms with E-state index in [0.717, 1.165) is 15.8 Å². The SMILES string of the molecule is O=C1CN(c2ccccc2)C(=S)N1c1ccc(Br)cc1. The van der Waals surface area contributed by atoms with Gasteiger partial charge in [0.1, 0.15) is 6.54 Å². The van der Waals surface area contributed by atoms with Gasteiger partial charge in [-0.15, -0.1) is 0 Å². The van der Waals surface area contributed by atoms with Crippen LogP contribution in [0.3, 0.4) is 0 Å². The van der Waals surface area contributed by atoms with Crippen molar-refractivity contribution >= 4 is 50.5 Å². The van der Waals surface area contributed by atoms with Crippen LogP contribution in [0.25, 0.3) is 0 Å². The molecule has 1 heterocycles. The van der Waals surface area contributed by atoms with Crippen molar-refractivity contribution in [2.45, 2.75) is 0 Å². The molecule has 100 valence electrons. The van der Waals surface area contributed by atoms with E-state index in [2.05, 4.69) is 15.9 Å². The molecule has 0 atom stereocenters. The fourth-order valence-electron chi connectivity index (χ4n) is 2.16. The fraction of sp³-hybridized carbons (Fsp3) is 0.0667. The second-order valence-corrected chi connectivity index (χ2v) is 5.69. The molecule has 1 aliphatic rings. The lowest BCUT2D eigenvalue weighted by Gasteiger charge is -2.20. The Morgan fingerprint density at radius 1 is 0.950 bits per heavy atom. The van der Waals surface area contributed by atoms with E-state index in [1.54, 1.807) is 4.90 Å². The van der Waals surface area contributed by atoms with Crippen molar-refractivity contribution in [3.8, 4) is 0 Å². The van der Waals surface area contributed by atoms with Crippen molar-refractivity contribution in [2.24, 2.45) is 0 Å². The summed E-state index contributed by atoms with van der Waals surface area (Å²) in [4.78, 5) is 15.7. The number of para-hydroxylation sites is 1. The topological polar surface area (TPSA) is 23.6 Å². The summed E-state index contributed by atoms with van der Waals surface area (Å²) in [5.41, 5.74) is 1.73. The highest BCUT2D eigenvalue weighted by atomic mass is 79.9. The van der Waals surface area contributed by atoms with Crippen LogP contribution in [0.1, 0.15) is 0 Å². The smallest absolute Gasteiger partial charge is 0.253 e. The van der Waals surface area contributed by atoms with Crippen LogP contribution in [0.4, 0.5) is 11.4 Å². The zero-order valence-corrected chi connectivity index (χ0v) is 12.9. The van der Waals surface area contributed by atoms with Gasteiger partial charge in [0.2, 0.25) is 0 Å². The first kappa shape index (κ1) is 13.3. The van der Waals surface area contributed by atoms with Gasteiger partial charge >= 0.3 is 0 Å². The van der Waals surface area contributed by atoms with Crippen LogP contribution in [-0.2, 0) is 4.79 Å². The third kappa shape index (κ3) is 2.34. The summed E-state index contributed by atoms with van der Waals surface area (Å²) in [6.07, 6.45) is 0. The summed E-state index contributed by atoms with van der Waals surface area (Å²) >= 11 is 8.84. The van der Waals surface area contributed by atoms with Crippen molar-refractivity contribution in [3.05, 3.63) is 59.1 Å². The molecule has 1 saturated heterocycles. The Balaban J connectivity index is 1.93. The molecule has 0 radical (unpaired) electrons. The van der Waals surface area contributed by atoms with Gasteiger partial charge in [0, 0.05) is 10.2 Å². The lowest BCUT2D eigenvalue weighted by atomic mass is 10.3. The summed E-state index contributed by atoms with van der Waals surface area (Å²) in [6.45, 7) is 0.277. The first-order valence-electron chi connectivity index (χ1n) is 6.12. The number of benzene rings is 2. The van der Waals surface area contributed by atoms with Crippen LogP contribution in [0.15, 0.2) is 59.1 Å². The summed E-state index contributed by atoms with van der Waals surface area (Å²) in [7, 11) is 0. The van der Waals surface area contributed by atoms with Gasteiger partial charge < -0.3 is 4.90 Å². The molecule has 1 amide bonds. The number of anilines is 2. The molecule has 2 aromatic carbocycles. The van der Waals surface area contributed by atoms with E-state index in [1.165, 1.54) is 0 Å². The lowest BCUT2D eigenvalue weighted by molar-refractivity contribution is -0.115. The van der Waals surface area contributed by atoms with E-state index in [0.29, 0.717) is 5.11 Å². The molecule has 3 nitrogen and oxygen atoms in total. The molecule has 2 aromatic rings. The van der Waals surface area contributed by atoms with E-state index in [-0.39, 0.29) is 12.5 Å². The minimum absolute atomic E-state index is 0.0128. The highest BCUT2D eigenvalue weighted by Crippen LogP contribution is 2.26. The second kappa shape index (κ2) is 5.34. The molecule has 20 heavy (non-hydrogen) atoms. The van der Waals surface area contributed by atoms with Crippen molar-refractivity contribution < 1.29 is 4.79 Å². The molecule has 0 unspecified atom stereocenters. The van der Waals surface area contributed by atoms with E-state index in [1.807, 2.05) is 59.5 Å². The van der Waals surface area contributed by atoms with Gasteiger partial charge in [0.05, 0.1) is 5.69 Å². The first-order chi connectivity index (χ1) is 9.66. The Labute approximate surface area is 130 Å². The number of rotatable bonds is 2. The highest BCUT2D eigenvalue weighted by molar-refractivity contribution is 9.10. The van der Waals surface area contributed by atoms with Crippen LogP contribution in [0.2, 0.25) is 0 Å². The van der Waals surface area contributed by atoms with Crippen molar-refractivity contribution in [2.75, 3.05) is 16.3 Å². The van der Waals surface area contributed by atoms with Gasteiger partial charge in [-0.3, -0.25) is 9.69 Å². The lowest BCUT2D eigenvalue weighted by Crippen LogP contribution is -2.32. The Hall–Kier alpha value is -1.72. The number of thiocarbonyl (C=S) groups is 1. The summed E-state index contributed by atoms with van der Waals surface area (Å²) in [5.74, 6) is -0.0128. The molecule has 0 spiro atoms. The number of nitrogens with zero attached hydrogens (tertiary/aromatic N) is 2. The zero-order valence-electron chi connectivity index (χ0n) is 10.5. The largest absolute Gasteiger partial charge is 0.309 e. The maximum absolute atomic E-state index is 12.2. The molecule has 1 fully saturated rings. The quantitative estimate of drug-likeness (QED) is 0.776. The van der Waals surface area contributed by atoms with Crippen molar-refractivity contribution in [3.63, 3.8) is 0 Å². The monoisotopic (exact) mass is 346 g/mol. The van der Waals surface area contributed by atoms with E-state index >= 15 is 0 Å². The molecule has 5 heteroatoms. The van der Waals surface area contributed by atoms with Gasteiger partial charge in [-0.1, -0.05) is 34.1 Å². The maximum Gasteiger partial charge on any atom is 0.253 e. The fourth-order valence-corrected chi connectivity index (χ4v) is 2.80. The standard InChI is InChI=1S/C15H11BrN2OS/c16-11-6-8-13(9-7-11)18-14(19)10-17(15(18)20)12-4-2-1-3-5-12/h1-9H,10H2. The van der Waals surface area contributed by atoms with Gasteiger partial charge in [-0.2, -0.15) is 0 Å². The van der Waals surface area contributed by atoms with Crippen LogP contribution < -0.4 is 9.80 Å². The number of amides is 1. The molecule has 0 bridgehead atoms. The minimum atomic E-state index is -0.0128. The summed E-state index contributed by atoms with van der Waals surface area (Å²) in [6, 6.07) is 17.3. The molecule has 0 saturated carbocycles. The summed E-state index contributed by atoms with van der Waals surface area (Å²) in [5, 5.41) is 0.517. The van der Waals surface area contributed by atoms with Gasteiger partial charge in [0.25, 0.3) is 5.91 Å². The molecule has 0 aliphatic carbocycles. The van der Waals surface area contributed by atoms with Crippen LogP contribution >= 0.6 is 28.1 Å². The number of carbonyl (C=O) groups excluding carboxylic acids is 1. The number of hydrogen-bond donors (Lipinski definition) is 0. The Bertz CT molecular complexity index is 657. The predicted molar refractivity (Wildman–Crippen MR) is 88.0 cm³/mol. The van der Waals surface area contributed by atoms with Gasteiger partial charge in [-0.25, -0.2) is 0 Å². The minimum Gasteiger partial charge on any atom is -0.309 e. The molecule has 1 aliphatic heterocycles. The molecular formula is C15H11BrN2OS. The number of halogens is 1. The number of carbonyl (C=O) groups is 1. The van der Waals surface area contributed by atoms with E-state index < -0.39 is 0 Å². The van der Waals surface area contributed by atoms with Crippen LogP contribution in [-0.4, -0.2) is 17.6 Å². The average Bonchev–Trinajstić information content (AvgIpc) is 2.76. The molecule has 3 rings (SSSR count). The summed E-state index contributed by atoms with van der Waals surface area (Å²) < 4.78 is 0.971. The second-order valence-electron chi connectivity index (χ2n) is 4.41. The van der Waals surface area contributed by atoms with Gasteiger partial charge in [0.15, 0.2) is 5.11 Å². The Morgan fingerprint density at radius 3 is 2.25 bits per heavy atom. The van der Waals surface area contributed by atoms with Crippen LogP contribution in [0, 0.1) is 0 Å². The molecule has 0 N–H and O–H groups in total. The third-order valence-electron chi connectivity index (χ3n) is 3.12. The Kier molecular flexibility index (Phi) is 3.54. The third-order valence-corrected chi connectivity index (χ3v) is 4.05. The van der Waals surface area contributed by atoms with E-state index in [9.17, 15) is 4.79 Å². The van der Waals surface area contributed by atoms with Gasteiger partial charge in [-0.05, 0) is 48.6 Å². The maximum atomic E-state index is 12.2. The van der Waals surface area contributed by atoms with Crippen LogP contribution in [0.5, 0.6) is 0 Å². The normalized spacial score (nSPS) is 15.1. The zero-order chi connectivity index (χ0) is 14.1. The van der Waals surface area contributed by atoms with Crippen molar-refractivity contribution in [1.82, 2.24) is 0 Å². The Morgan fingerprint density at radius 2 is 1.60 bits per heavy atom. The van der Waals surface area contributed by atoms with Crippen molar-refractivity contribution in [1.29, 1.82) is 0 Å². The highest BCUT2D eigenvalue weighted by Gasteiger charge is 2.34.